The number of nitrogens with one attached hydrogen (secondary N) is 1. The van der Waals surface area contributed by atoms with Crippen molar-refractivity contribution < 1.29 is 21.2 Å². The number of hydrogen-bond acceptors (Lipinski definition) is 6. The molecule has 0 saturated heterocycles. The van der Waals surface area contributed by atoms with Crippen LogP contribution in [0.5, 0.6) is 0 Å². The Hall–Kier alpha value is 0.844. The molecule has 0 saturated carbocycles. The van der Waals surface area contributed by atoms with Crippen molar-refractivity contribution in [3.05, 3.63) is 0 Å². The van der Waals surface area contributed by atoms with Gasteiger partial charge in [-0.15, -0.1) is 0 Å². The summed E-state index contributed by atoms with van der Waals surface area (Å²) in [6.07, 6.45) is 1.83. The van der Waals surface area contributed by atoms with Crippen LogP contribution >= 0.6 is 0 Å². The lowest BCUT2D eigenvalue weighted by molar-refractivity contribution is 0.187. The van der Waals surface area contributed by atoms with Gasteiger partial charge >= 0.3 is 25.7 Å². The van der Waals surface area contributed by atoms with Crippen molar-refractivity contribution in [2.75, 3.05) is 25.9 Å². The van der Waals surface area contributed by atoms with Gasteiger partial charge in [0, 0.05) is 19.4 Å². The highest BCUT2D eigenvalue weighted by Gasteiger charge is 2.44. The number of hydrogen-bond donors (Lipinski definition) is 1. The average Bonchev–Trinajstić information content (AvgIpc) is 2.41. The van der Waals surface area contributed by atoms with Gasteiger partial charge in [0.2, 0.25) is 0 Å². The molecule has 0 fully saturated rings. The van der Waals surface area contributed by atoms with Gasteiger partial charge in [0.1, 0.15) is 0 Å². The Labute approximate surface area is 186 Å². The fraction of sp³-hybridized carbons (Fsp3) is 1.00. The highest BCUT2D eigenvalue weighted by Crippen LogP contribution is 2.27. The molecule has 0 aliphatic heterocycles. The topological polar surface area (TPSA) is 58.2 Å². The Bertz CT molecular complexity index is 465. The Kier molecular flexibility index (Phi) is 12.5. The minimum Gasteiger partial charge on any atom is -0.437 e. The molecule has 1 unspecified atom stereocenters. The van der Waals surface area contributed by atoms with E-state index >= 15 is 0 Å². The van der Waals surface area contributed by atoms with Crippen LogP contribution in [0.1, 0.15) is 20.3 Å². The van der Waals surface area contributed by atoms with Gasteiger partial charge in [-0.05, 0) is 98.3 Å². The van der Waals surface area contributed by atoms with Gasteiger partial charge in [-0.3, -0.25) is 0 Å². The first kappa shape index (κ1) is 29.8. The van der Waals surface area contributed by atoms with Crippen molar-refractivity contribution >= 4 is 42.3 Å². The molecule has 0 amide bonds. The fourth-order valence-corrected chi connectivity index (χ4v) is 23.8. The first-order chi connectivity index (χ1) is 12.9. The first-order valence-electron chi connectivity index (χ1n) is 11.0. The quantitative estimate of drug-likeness (QED) is 0.234. The summed E-state index contributed by atoms with van der Waals surface area (Å²) in [7, 11) is -10.0. The second-order valence-electron chi connectivity index (χ2n) is 10.3. The van der Waals surface area contributed by atoms with Crippen molar-refractivity contribution in [1.29, 1.82) is 0 Å². The molecule has 0 radical (unpaired) electrons. The third-order valence-electron chi connectivity index (χ3n) is 3.87. The maximum atomic E-state index is 6.74. The average molecular weight is 500 g/mol. The summed E-state index contributed by atoms with van der Waals surface area (Å²) in [5, 5.41) is 3.55. The van der Waals surface area contributed by atoms with Gasteiger partial charge < -0.3 is 26.5 Å². The molecular weight excluding hydrogens is 451 g/mol. The largest absolute Gasteiger partial charge is 0.437 e. The summed E-state index contributed by atoms with van der Waals surface area (Å²) < 4.78 is 31.7. The van der Waals surface area contributed by atoms with E-state index in [1.807, 2.05) is 13.8 Å². The Morgan fingerprint density at radius 3 is 1.52 bits per heavy atom. The Morgan fingerprint density at radius 1 is 0.621 bits per heavy atom. The zero-order valence-electron chi connectivity index (χ0n) is 21.3. The van der Waals surface area contributed by atoms with E-state index in [-0.39, 0.29) is 0 Å². The fourth-order valence-electron chi connectivity index (χ4n) is 3.65. The van der Waals surface area contributed by atoms with E-state index in [4.69, 9.17) is 21.2 Å². The van der Waals surface area contributed by atoms with E-state index in [9.17, 15) is 0 Å². The van der Waals surface area contributed by atoms with Crippen LogP contribution in [0.3, 0.4) is 0 Å². The predicted molar refractivity (Wildman–Crippen MR) is 136 cm³/mol. The summed E-state index contributed by atoms with van der Waals surface area (Å²) >= 11 is 0. The van der Waals surface area contributed by atoms with Gasteiger partial charge in [-0.1, -0.05) is 0 Å². The first-order valence-corrected chi connectivity index (χ1v) is 25.7. The molecule has 6 nitrogen and oxygen atoms in total. The summed E-state index contributed by atoms with van der Waals surface area (Å²) in [4.78, 5) is 0. The van der Waals surface area contributed by atoms with Crippen LogP contribution in [-0.2, 0) is 21.2 Å². The van der Waals surface area contributed by atoms with Crippen molar-refractivity contribution in [3.63, 3.8) is 0 Å². The van der Waals surface area contributed by atoms with Gasteiger partial charge in [-0.2, -0.15) is 0 Å². The Morgan fingerprint density at radius 2 is 1.10 bits per heavy atom. The number of rotatable bonds is 16. The second-order valence-corrected chi connectivity index (χ2v) is 30.0. The van der Waals surface area contributed by atoms with Crippen molar-refractivity contribution in [1.82, 2.24) is 5.32 Å². The van der Waals surface area contributed by atoms with Gasteiger partial charge in [0.15, 0.2) is 16.6 Å². The summed E-state index contributed by atoms with van der Waals surface area (Å²) in [6.45, 7) is 28.5. The minimum absolute atomic E-state index is 0.698. The van der Waals surface area contributed by atoms with E-state index in [2.05, 4.69) is 70.8 Å². The van der Waals surface area contributed by atoms with Crippen molar-refractivity contribution in [2.45, 2.75) is 91.8 Å². The molecule has 0 spiro atoms. The lowest BCUT2D eigenvalue weighted by atomic mass is 10.5. The van der Waals surface area contributed by atoms with E-state index in [0.29, 0.717) is 13.2 Å². The van der Waals surface area contributed by atoms with Crippen LogP contribution in [0.15, 0.2) is 0 Å². The third kappa shape index (κ3) is 15.3. The molecule has 11 heteroatoms. The van der Waals surface area contributed by atoms with E-state index in [1.165, 1.54) is 0 Å². The third-order valence-corrected chi connectivity index (χ3v) is 20.1. The molecule has 29 heavy (non-hydrogen) atoms. The van der Waals surface area contributed by atoms with Crippen molar-refractivity contribution in [2.24, 2.45) is 0 Å². The molecule has 0 aromatic carbocycles. The lowest BCUT2D eigenvalue weighted by Crippen LogP contribution is -2.57. The van der Waals surface area contributed by atoms with E-state index in [1.54, 1.807) is 0 Å². The highest BCUT2D eigenvalue weighted by molar-refractivity contribution is 6.89. The molecule has 0 aromatic heterocycles. The van der Waals surface area contributed by atoms with Gasteiger partial charge in [0.25, 0.3) is 0 Å². The zero-order chi connectivity index (χ0) is 23.0. The van der Waals surface area contributed by atoms with Crippen molar-refractivity contribution in [3.8, 4) is 0 Å². The summed E-state index contributed by atoms with van der Waals surface area (Å²) in [6, 6.07) is 0.970. The molecule has 1 N–H and O–H groups in total. The standard InChI is InChI=1S/C18H49NO5Si5/c1-13-20-29(12,21-14-2)18-19-16-15-17-28(11,23-26(6,7)8)24-27(9,10)22-25(3,4)5/h19H,13-18H2,1-12H3. The molecule has 0 heterocycles. The highest BCUT2D eigenvalue weighted by atomic mass is 28.5. The maximum absolute atomic E-state index is 6.74. The molecule has 0 rings (SSSR count). The molecular formula is C18H49NO5Si5. The van der Waals surface area contributed by atoms with Gasteiger partial charge in [-0.25, -0.2) is 0 Å². The van der Waals surface area contributed by atoms with E-state index < -0.39 is 42.3 Å². The normalized spacial score (nSPS) is 16.1. The second kappa shape index (κ2) is 12.2. The monoisotopic (exact) mass is 499 g/mol. The Balaban J connectivity index is 4.87. The molecule has 1 atom stereocenters. The van der Waals surface area contributed by atoms with Crippen LogP contribution in [0.25, 0.3) is 0 Å². The molecule has 0 aliphatic rings. The SMILES string of the molecule is CCO[Si](C)(CNCCC[Si](C)(O[Si](C)(C)C)O[Si](C)(C)O[Si](C)(C)C)OCC. The summed E-state index contributed by atoms with van der Waals surface area (Å²) in [5.74, 6) is 0. The van der Waals surface area contributed by atoms with Crippen LogP contribution in [0.4, 0.5) is 0 Å². The molecule has 0 bridgehead atoms. The van der Waals surface area contributed by atoms with Crippen LogP contribution in [0.2, 0.25) is 71.5 Å². The van der Waals surface area contributed by atoms with E-state index in [0.717, 1.165) is 25.2 Å². The van der Waals surface area contributed by atoms with Gasteiger partial charge in [0.05, 0.1) is 0 Å². The molecule has 0 aliphatic carbocycles. The van der Waals surface area contributed by atoms with Crippen LogP contribution in [-0.4, -0.2) is 68.2 Å². The maximum Gasteiger partial charge on any atom is 0.349 e. The smallest absolute Gasteiger partial charge is 0.349 e. The van der Waals surface area contributed by atoms with Crippen LogP contribution in [0, 0.1) is 0 Å². The molecule has 176 valence electrons. The molecule has 0 aromatic rings. The summed E-state index contributed by atoms with van der Waals surface area (Å²) in [5.41, 5.74) is 0. The zero-order valence-corrected chi connectivity index (χ0v) is 26.3. The predicted octanol–water partition coefficient (Wildman–Crippen LogP) is 5.14. The lowest BCUT2D eigenvalue weighted by Gasteiger charge is -2.41. The minimum atomic E-state index is -2.32. The van der Waals surface area contributed by atoms with Crippen LogP contribution < -0.4 is 5.32 Å².